The van der Waals surface area contributed by atoms with Crippen molar-refractivity contribution in [3.8, 4) is 5.69 Å². The van der Waals surface area contributed by atoms with Gasteiger partial charge in [-0.15, -0.1) is 0 Å². The quantitative estimate of drug-likeness (QED) is 0.228. The number of anilines is 1. The second-order valence-electron chi connectivity index (χ2n) is 10.2. The van der Waals surface area contributed by atoms with Gasteiger partial charge < -0.3 is 4.57 Å². The zero-order valence-electron chi connectivity index (χ0n) is 21.6. The van der Waals surface area contributed by atoms with Gasteiger partial charge in [0.2, 0.25) is 0 Å². The lowest BCUT2D eigenvalue weighted by Crippen LogP contribution is -2.18. The van der Waals surface area contributed by atoms with E-state index < -0.39 is 0 Å². The van der Waals surface area contributed by atoms with E-state index in [9.17, 15) is 0 Å². The molecule has 188 valence electrons. The smallest absolute Gasteiger partial charge is 0.109 e. The van der Waals surface area contributed by atoms with Crippen LogP contribution in [0, 0.1) is 5.41 Å². The first-order valence-electron chi connectivity index (χ1n) is 13.4. The number of nitrogens with one attached hydrogen (secondary N) is 2. The Labute approximate surface area is 231 Å². The molecule has 2 N–H and O–H groups in total. The summed E-state index contributed by atoms with van der Waals surface area (Å²) in [7, 11) is 0. The Morgan fingerprint density at radius 2 is 1.38 bits per heavy atom. The molecule has 0 radical (unpaired) electrons. The van der Waals surface area contributed by atoms with Gasteiger partial charge in [-0.3, -0.25) is 10.8 Å². The van der Waals surface area contributed by atoms with E-state index in [2.05, 4.69) is 106 Å². The van der Waals surface area contributed by atoms with Crippen LogP contribution < -0.4 is 5.43 Å². The SMILES string of the molecule is N=C1/C(=N\Nc2ccccc2)C=Cc2ccc3cc(-n4c5ccccc5c5c6ccccc6ccc54)ccc3c21. The number of para-hydroxylation sites is 2. The molecule has 7 aromatic rings. The van der Waals surface area contributed by atoms with E-state index in [-0.39, 0.29) is 0 Å². The van der Waals surface area contributed by atoms with Crippen LogP contribution in [0.5, 0.6) is 0 Å². The molecule has 1 aliphatic rings. The molecule has 0 amide bonds. The van der Waals surface area contributed by atoms with E-state index in [1.54, 1.807) is 0 Å². The number of hydrogen-bond acceptors (Lipinski definition) is 3. The topological polar surface area (TPSA) is 53.2 Å². The minimum Gasteiger partial charge on any atom is -0.309 e. The van der Waals surface area contributed by atoms with Crippen molar-refractivity contribution < 1.29 is 0 Å². The van der Waals surface area contributed by atoms with Gasteiger partial charge in [0.1, 0.15) is 5.71 Å². The average Bonchev–Trinajstić information content (AvgIpc) is 3.35. The third kappa shape index (κ3) is 3.40. The molecule has 1 aromatic heterocycles. The number of hydrazone groups is 1. The lowest BCUT2D eigenvalue weighted by atomic mass is 9.89. The van der Waals surface area contributed by atoms with Gasteiger partial charge in [0.15, 0.2) is 0 Å². The van der Waals surface area contributed by atoms with E-state index >= 15 is 0 Å². The zero-order chi connectivity index (χ0) is 26.6. The molecular weight excluding hydrogens is 488 g/mol. The van der Waals surface area contributed by atoms with Crippen LogP contribution in [0.3, 0.4) is 0 Å². The summed E-state index contributed by atoms with van der Waals surface area (Å²) >= 11 is 0. The largest absolute Gasteiger partial charge is 0.309 e. The molecule has 0 saturated heterocycles. The van der Waals surface area contributed by atoms with Crippen LogP contribution in [0.1, 0.15) is 11.1 Å². The van der Waals surface area contributed by atoms with Gasteiger partial charge in [0.05, 0.1) is 22.4 Å². The maximum Gasteiger partial charge on any atom is 0.109 e. The van der Waals surface area contributed by atoms with E-state index in [1.807, 2.05) is 42.5 Å². The lowest BCUT2D eigenvalue weighted by molar-refractivity contribution is 1.19. The molecule has 0 unspecified atom stereocenters. The van der Waals surface area contributed by atoms with Crippen LogP contribution in [0.4, 0.5) is 5.69 Å². The van der Waals surface area contributed by atoms with E-state index in [4.69, 9.17) is 5.41 Å². The monoisotopic (exact) mass is 512 g/mol. The summed E-state index contributed by atoms with van der Waals surface area (Å²) in [5.74, 6) is 0. The van der Waals surface area contributed by atoms with Crippen LogP contribution in [-0.2, 0) is 0 Å². The maximum absolute atomic E-state index is 9.03. The lowest BCUT2D eigenvalue weighted by Gasteiger charge is -2.17. The first kappa shape index (κ1) is 22.5. The Kier molecular flexibility index (Phi) is 4.94. The third-order valence-corrected chi connectivity index (χ3v) is 7.86. The molecule has 1 aliphatic carbocycles. The fraction of sp³-hybridized carbons (Fsp3) is 0. The van der Waals surface area contributed by atoms with Gasteiger partial charge >= 0.3 is 0 Å². The molecule has 0 atom stereocenters. The van der Waals surface area contributed by atoms with Gasteiger partial charge in [-0.25, -0.2) is 0 Å². The normalized spacial score (nSPS) is 14.0. The molecular formula is C36H24N4. The fourth-order valence-corrected chi connectivity index (χ4v) is 6.02. The van der Waals surface area contributed by atoms with Crippen LogP contribution in [0.25, 0.3) is 55.1 Å². The summed E-state index contributed by atoms with van der Waals surface area (Å²) in [5, 5.41) is 20.8. The van der Waals surface area contributed by atoms with Crippen molar-refractivity contribution in [1.82, 2.24) is 4.57 Å². The van der Waals surface area contributed by atoms with Crippen LogP contribution in [-0.4, -0.2) is 16.0 Å². The predicted molar refractivity (Wildman–Crippen MR) is 169 cm³/mol. The number of rotatable bonds is 3. The highest BCUT2D eigenvalue weighted by molar-refractivity contribution is 6.55. The number of allylic oxidation sites excluding steroid dienone is 1. The van der Waals surface area contributed by atoms with Gasteiger partial charge in [0, 0.05) is 22.0 Å². The van der Waals surface area contributed by atoms with Gasteiger partial charge in [-0.2, -0.15) is 5.10 Å². The maximum atomic E-state index is 9.03. The highest BCUT2D eigenvalue weighted by atomic mass is 15.3. The van der Waals surface area contributed by atoms with Gasteiger partial charge in [-0.05, 0) is 69.6 Å². The van der Waals surface area contributed by atoms with Crippen molar-refractivity contribution in [3.63, 3.8) is 0 Å². The summed E-state index contributed by atoms with van der Waals surface area (Å²) < 4.78 is 2.36. The summed E-state index contributed by atoms with van der Waals surface area (Å²) in [6.07, 6.45) is 3.95. The molecule has 4 heteroatoms. The van der Waals surface area contributed by atoms with E-state index in [0.29, 0.717) is 11.4 Å². The summed E-state index contributed by atoms with van der Waals surface area (Å²) in [6.45, 7) is 0. The molecule has 0 spiro atoms. The zero-order valence-corrected chi connectivity index (χ0v) is 21.6. The Morgan fingerprint density at radius 1 is 0.600 bits per heavy atom. The number of hydrogen-bond donors (Lipinski definition) is 2. The highest BCUT2D eigenvalue weighted by Gasteiger charge is 2.20. The molecule has 0 fully saturated rings. The summed E-state index contributed by atoms with van der Waals surface area (Å²) in [6, 6.07) is 42.3. The van der Waals surface area contributed by atoms with Crippen molar-refractivity contribution in [2.75, 3.05) is 5.43 Å². The van der Waals surface area contributed by atoms with E-state index in [1.165, 1.54) is 32.6 Å². The standard InChI is InChI=1S/C36H24N4/c37-36-31(39-38-26-9-2-1-3-10-26)20-16-24-14-15-25-22-27(18-19-29(25)34(24)36)40-32-13-7-6-12-30(32)35-28-11-5-4-8-23(28)17-21-33(35)40/h1-22,37-38H/b37-36?,39-31-. The third-order valence-electron chi connectivity index (χ3n) is 7.86. The fourth-order valence-electron chi connectivity index (χ4n) is 6.02. The number of nitrogens with zero attached hydrogens (tertiary/aromatic N) is 2. The molecule has 1 heterocycles. The van der Waals surface area contributed by atoms with Crippen molar-refractivity contribution in [2.45, 2.75) is 0 Å². The Balaban J connectivity index is 1.29. The molecule has 8 rings (SSSR count). The molecule has 40 heavy (non-hydrogen) atoms. The predicted octanol–water partition coefficient (Wildman–Crippen LogP) is 8.95. The molecule has 0 bridgehead atoms. The highest BCUT2D eigenvalue weighted by Crippen LogP contribution is 2.38. The summed E-state index contributed by atoms with van der Waals surface area (Å²) in [4.78, 5) is 0. The summed E-state index contributed by atoms with van der Waals surface area (Å²) in [5.41, 5.74) is 10.4. The Bertz CT molecular complexity index is 2200. The van der Waals surface area contributed by atoms with Crippen LogP contribution >= 0.6 is 0 Å². The van der Waals surface area contributed by atoms with E-state index in [0.717, 1.165) is 33.3 Å². The van der Waals surface area contributed by atoms with Gasteiger partial charge in [0.25, 0.3) is 0 Å². The first-order valence-corrected chi connectivity index (χ1v) is 13.4. The second kappa shape index (κ2) is 8.79. The van der Waals surface area contributed by atoms with Crippen LogP contribution in [0.15, 0.2) is 133 Å². The van der Waals surface area contributed by atoms with Crippen molar-refractivity contribution >= 4 is 66.5 Å². The second-order valence-corrected chi connectivity index (χ2v) is 10.2. The molecule has 0 aliphatic heterocycles. The van der Waals surface area contributed by atoms with Crippen LogP contribution in [0.2, 0.25) is 0 Å². The Morgan fingerprint density at radius 3 is 2.27 bits per heavy atom. The first-order chi connectivity index (χ1) is 19.8. The number of fused-ring (bicyclic) bond motifs is 8. The van der Waals surface area contributed by atoms with Crippen molar-refractivity contribution in [1.29, 1.82) is 5.41 Å². The number of aromatic nitrogens is 1. The minimum atomic E-state index is 0.419. The minimum absolute atomic E-state index is 0.419. The Hall–Kier alpha value is -5.48. The van der Waals surface area contributed by atoms with Gasteiger partial charge in [-0.1, -0.05) is 91.0 Å². The number of benzene rings is 6. The molecule has 0 saturated carbocycles. The molecule has 4 nitrogen and oxygen atoms in total. The molecule has 6 aromatic carbocycles. The van der Waals surface area contributed by atoms with Crippen molar-refractivity contribution in [3.05, 3.63) is 139 Å². The average molecular weight is 513 g/mol. The van der Waals surface area contributed by atoms with Crippen molar-refractivity contribution in [2.24, 2.45) is 5.10 Å².